The summed E-state index contributed by atoms with van der Waals surface area (Å²) < 4.78 is 9.78. The first-order chi connectivity index (χ1) is 9.55. The van der Waals surface area contributed by atoms with Gasteiger partial charge in [-0.15, -0.1) is 0 Å². The zero-order valence-electron chi connectivity index (χ0n) is 11.0. The number of thioether (sulfide) groups is 1. The van der Waals surface area contributed by atoms with E-state index in [1.54, 1.807) is 18.2 Å². The molecule has 106 valence electrons. The second kappa shape index (κ2) is 5.96. The maximum Gasteiger partial charge on any atom is 0.341 e. The molecule has 0 aliphatic carbocycles. The predicted molar refractivity (Wildman–Crippen MR) is 73.0 cm³/mol. The standard InChI is InChI=1S/C13H13NO5S/c1-18-9-4-3-7(5-8(9)12(16)19-2)6-10-11(15)14-13(17)20-10/h3-5,10H,6H2,1-2H3,(H,14,15,17). The van der Waals surface area contributed by atoms with Gasteiger partial charge in [-0.1, -0.05) is 17.8 Å². The third kappa shape index (κ3) is 2.93. The lowest BCUT2D eigenvalue weighted by atomic mass is 10.0. The van der Waals surface area contributed by atoms with Gasteiger partial charge in [-0.25, -0.2) is 4.79 Å². The minimum absolute atomic E-state index is 0.294. The van der Waals surface area contributed by atoms with Gasteiger partial charge < -0.3 is 9.47 Å². The van der Waals surface area contributed by atoms with Crippen LogP contribution in [0.15, 0.2) is 18.2 Å². The molecule has 0 radical (unpaired) electrons. The van der Waals surface area contributed by atoms with Gasteiger partial charge in [0.2, 0.25) is 5.91 Å². The van der Waals surface area contributed by atoms with Crippen LogP contribution in [0.1, 0.15) is 15.9 Å². The van der Waals surface area contributed by atoms with Crippen molar-refractivity contribution in [2.45, 2.75) is 11.7 Å². The molecule has 1 atom stereocenters. The van der Waals surface area contributed by atoms with Crippen LogP contribution in [0.5, 0.6) is 5.75 Å². The van der Waals surface area contributed by atoms with E-state index in [-0.39, 0.29) is 11.1 Å². The van der Waals surface area contributed by atoms with Gasteiger partial charge in [0.05, 0.1) is 19.5 Å². The van der Waals surface area contributed by atoms with Gasteiger partial charge in [-0.3, -0.25) is 14.9 Å². The molecule has 0 spiro atoms. The quantitative estimate of drug-likeness (QED) is 0.845. The van der Waals surface area contributed by atoms with E-state index in [0.29, 0.717) is 17.7 Å². The van der Waals surface area contributed by atoms with Crippen LogP contribution in [0.25, 0.3) is 0 Å². The highest BCUT2D eigenvalue weighted by Gasteiger charge is 2.31. The van der Waals surface area contributed by atoms with Crippen LogP contribution in [-0.4, -0.2) is 36.6 Å². The monoisotopic (exact) mass is 295 g/mol. The average Bonchev–Trinajstić information content (AvgIpc) is 2.76. The van der Waals surface area contributed by atoms with Crippen molar-refractivity contribution >= 4 is 28.9 Å². The fourth-order valence-corrected chi connectivity index (χ4v) is 2.75. The number of imide groups is 1. The molecule has 6 nitrogen and oxygen atoms in total. The Balaban J connectivity index is 2.23. The Labute approximate surface area is 119 Å². The zero-order valence-corrected chi connectivity index (χ0v) is 11.8. The van der Waals surface area contributed by atoms with E-state index in [4.69, 9.17) is 4.74 Å². The maximum atomic E-state index is 11.7. The van der Waals surface area contributed by atoms with Crippen LogP contribution < -0.4 is 10.1 Å². The number of benzene rings is 1. The molecule has 1 unspecified atom stereocenters. The topological polar surface area (TPSA) is 81.7 Å². The molecule has 7 heteroatoms. The summed E-state index contributed by atoms with van der Waals surface area (Å²) in [5, 5.41) is 1.41. The Hall–Kier alpha value is -2.02. The number of hydrogen-bond acceptors (Lipinski definition) is 6. The van der Waals surface area contributed by atoms with Crippen molar-refractivity contribution in [1.29, 1.82) is 0 Å². The molecule has 1 saturated heterocycles. The summed E-state index contributed by atoms with van der Waals surface area (Å²) in [6, 6.07) is 5.00. The first kappa shape index (κ1) is 14.4. The van der Waals surface area contributed by atoms with Crippen molar-refractivity contribution in [1.82, 2.24) is 5.32 Å². The Morgan fingerprint density at radius 2 is 2.10 bits per heavy atom. The van der Waals surface area contributed by atoms with E-state index < -0.39 is 11.2 Å². The SMILES string of the molecule is COC(=O)c1cc(CC2SC(=O)NC2=O)ccc1OC. The normalized spacial score (nSPS) is 17.8. The fourth-order valence-electron chi connectivity index (χ4n) is 1.89. The molecule has 1 aromatic rings. The van der Waals surface area contributed by atoms with Crippen molar-refractivity contribution in [3.05, 3.63) is 29.3 Å². The number of carbonyl (C=O) groups is 3. The van der Waals surface area contributed by atoms with Crippen LogP contribution in [0, 0.1) is 0 Å². The Bertz CT molecular complexity index is 572. The van der Waals surface area contributed by atoms with Crippen molar-refractivity contribution in [3.63, 3.8) is 0 Å². The van der Waals surface area contributed by atoms with Gasteiger partial charge >= 0.3 is 5.97 Å². The van der Waals surface area contributed by atoms with Crippen LogP contribution in [0.2, 0.25) is 0 Å². The Morgan fingerprint density at radius 3 is 2.65 bits per heavy atom. The van der Waals surface area contributed by atoms with Gasteiger partial charge in [-0.2, -0.15) is 0 Å². The summed E-state index contributed by atoms with van der Waals surface area (Å²) in [5.74, 6) is -0.418. The first-order valence-electron chi connectivity index (χ1n) is 5.82. The number of nitrogens with one attached hydrogen (secondary N) is 1. The fraction of sp³-hybridized carbons (Fsp3) is 0.308. The summed E-state index contributed by atoms with van der Waals surface area (Å²) in [6.45, 7) is 0. The van der Waals surface area contributed by atoms with Gasteiger partial charge in [-0.05, 0) is 24.1 Å². The van der Waals surface area contributed by atoms with Crippen molar-refractivity contribution in [3.8, 4) is 5.75 Å². The smallest absolute Gasteiger partial charge is 0.341 e. The van der Waals surface area contributed by atoms with Crippen LogP contribution >= 0.6 is 11.8 Å². The highest BCUT2D eigenvalue weighted by atomic mass is 32.2. The lowest BCUT2D eigenvalue weighted by molar-refractivity contribution is -0.118. The summed E-state index contributed by atoms with van der Waals surface area (Å²) in [7, 11) is 2.74. The highest BCUT2D eigenvalue weighted by molar-refractivity contribution is 8.15. The van der Waals surface area contributed by atoms with Crippen molar-refractivity contribution in [2.75, 3.05) is 14.2 Å². The van der Waals surface area contributed by atoms with E-state index in [1.807, 2.05) is 0 Å². The minimum atomic E-state index is -0.511. The molecule has 1 aliphatic rings. The molecule has 1 fully saturated rings. The molecule has 1 heterocycles. The molecular formula is C13H13NO5S. The zero-order chi connectivity index (χ0) is 14.7. The minimum Gasteiger partial charge on any atom is -0.496 e. The molecule has 1 aromatic carbocycles. The van der Waals surface area contributed by atoms with E-state index in [0.717, 1.165) is 17.3 Å². The van der Waals surface area contributed by atoms with Gasteiger partial charge in [0, 0.05) is 0 Å². The lowest BCUT2D eigenvalue weighted by Crippen LogP contribution is -2.25. The first-order valence-corrected chi connectivity index (χ1v) is 6.70. The lowest BCUT2D eigenvalue weighted by Gasteiger charge is -2.10. The summed E-state index contributed by atoms with van der Waals surface area (Å²) >= 11 is 0.951. The predicted octanol–water partition coefficient (Wildman–Crippen LogP) is 1.38. The second-order valence-electron chi connectivity index (χ2n) is 4.11. The van der Waals surface area contributed by atoms with Crippen LogP contribution in [0.3, 0.4) is 0 Å². The van der Waals surface area contributed by atoms with Crippen molar-refractivity contribution in [2.24, 2.45) is 0 Å². The molecular weight excluding hydrogens is 282 g/mol. The molecule has 1 N–H and O–H groups in total. The number of amides is 2. The molecule has 0 aromatic heterocycles. The molecule has 20 heavy (non-hydrogen) atoms. The van der Waals surface area contributed by atoms with Gasteiger partial charge in [0.1, 0.15) is 11.3 Å². The van der Waals surface area contributed by atoms with Gasteiger partial charge in [0.25, 0.3) is 5.24 Å². The molecule has 2 rings (SSSR count). The largest absolute Gasteiger partial charge is 0.496 e. The van der Waals surface area contributed by atoms with E-state index in [1.165, 1.54) is 14.2 Å². The molecule has 1 aliphatic heterocycles. The highest BCUT2D eigenvalue weighted by Crippen LogP contribution is 2.26. The number of esters is 1. The second-order valence-corrected chi connectivity index (χ2v) is 5.29. The van der Waals surface area contributed by atoms with Crippen LogP contribution in [0.4, 0.5) is 4.79 Å². The maximum absolute atomic E-state index is 11.7. The Morgan fingerprint density at radius 1 is 1.35 bits per heavy atom. The van der Waals surface area contributed by atoms with E-state index in [9.17, 15) is 14.4 Å². The molecule has 0 bridgehead atoms. The van der Waals surface area contributed by atoms with Crippen LogP contribution in [-0.2, 0) is 16.0 Å². The average molecular weight is 295 g/mol. The summed E-state index contributed by atoms with van der Waals surface area (Å²) in [5.41, 5.74) is 1.05. The number of methoxy groups -OCH3 is 2. The van der Waals surface area contributed by atoms with Crippen molar-refractivity contribution < 1.29 is 23.9 Å². The Kier molecular flexibility index (Phi) is 4.29. The van der Waals surface area contributed by atoms with E-state index in [2.05, 4.69) is 10.1 Å². The van der Waals surface area contributed by atoms with E-state index >= 15 is 0 Å². The number of ether oxygens (including phenoxy) is 2. The summed E-state index contributed by atoms with van der Waals surface area (Å²) in [4.78, 5) is 34.3. The summed E-state index contributed by atoms with van der Waals surface area (Å²) in [6.07, 6.45) is 0.357. The van der Waals surface area contributed by atoms with Gasteiger partial charge in [0.15, 0.2) is 0 Å². The third-order valence-electron chi connectivity index (χ3n) is 2.86. The molecule has 2 amide bonds. The number of rotatable bonds is 4. The number of carbonyl (C=O) groups excluding carboxylic acids is 3. The third-order valence-corrected chi connectivity index (χ3v) is 3.84. The number of hydrogen-bond donors (Lipinski definition) is 1. The molecule has 0 saturated carbocycles.